The number of nitrogens with one attached hydrogen (secondary N) is 2. The van der Waals surface area contributed by atoms with Gasteiger partial charge in [-0.05, 0) is 55.7 Å². The van der Waals surface area contributed by atoms with Crippen molar-refractivity contribution in [3.63, 3.8) is 0 Å². The normalized spacial score (nSPS) is 15.8. The highest BCUT2D eigenvalue weighted by molar-refractivity contribution is 7.89. The summed E-state index contributed by atoms with van der Waals surface area (Å²) in [7, 11) is -0.803. The van der Waals surface area contributed by atoms with E-state index in [1.165, 1.54) is 19.2 Å². The smallest absolute Gasteiger partial charge is 0.251 e. The second-order valence-corrected chi connectivity index (χ2v) is 9.47. The van der Waals surface area contributed by atoms with Crippen LogP contribution >= 0.6 is 0 Å². The molecule has 1 fully saturated rings. The molecule has 3 rings (SSSR count). The van der Waals surface area contributed by atoms with E-state index in [0.29, 0.717) is 0 Å². The lowest BCUT2D eigenvalue weighted by atomic mass is 9.96. The van der Waals surface area contributed by atoms with E-state index in [2.05, 4.69) is 10.0 Å². The molecule has 1 amide bonds. The molecule has 8 heteroatoms. The first-order chi connectivity index (χ1) is 14.8. The van der Waals surface area contributed by atoms with Gasteiger partial charge in [-0.2, -0.15) is 0 Å². The molecular weight excluding hydrogens is 416 g/mol. The topological polar surface area (TPSA) is 93.7 Å². The molecular formula is C23H30N2O5S. The van der Waals surface area contributed by atoms with Crippen molar-refractivity contribution in [2.75, 3.05) is 14.2 Å². The largest absolute Gasteiger partial charge is 0.497 e. The van der Waals surface area contributed by atoms with Crippen molar-refractivity contribution >= 4 is 15.9 Å². The van der Waals surface area contributed by atoms with Crippen LogP contribution in [0.2, 0.25) is 0 Å². The van der Waals surface area contributed by atoms with Crippen LogP contribution in [0.5, 0.6) is 11.5 Å². The molecule has 0 aromatic heterocycles. The van der Waals surface area contributed by atoms with Gasteiger partial charge in [0.2, 0.25) is 10.0 Å². The zero-order valence-corrected chi connectivity index (χ0v) is 19.0. The zero-order chi connectivity index (χ0) is 22.4. The fourth-order valence-electron chi connectivity index (χ4n) is 3.79. The molecule has 1 aliphatic carbocycles. The van der Waals surface area contributed by atoms with E-state index in [1.54, 1.807) is 13.2 Å². The fourth-order valence-corrected chi connectivity index (χ4v) is 5.29. The van der Waals surface area contributed by atoms with Crippen molar-refractivity contribution in [3.8, 4) is 11.5 Å². The molecule has 1 aliphatic rings. The molecule has 168 valence electrons. The zero-order valence-electron chi connectivity index (χ0n) is 18.2. The Morgan fingerprint density at radius 3 is 2.29 bits per heavy atom. The lowest BCUT2D eigenvalue weighted by Gasteiger charge is -2.23. The maximum absolute atomic E-state index is 13.0. The summed E-state index contributed by atoms with van der Waals surface area (Å²) in [5.74, 6) is 0.584. The standard InChI is InChI=1S/C23H30N2O5S/c1-16(17-9-12-20(29-2)13-10-17)24-23(26)18-11-14-21(30-3)22(15-18)31(27,28)25-19-7-5-4-6-8-19/h9-16,19,25H,4-8H2,1-3H3,(H,24,26)/t16-/m1/s1. The van der Waals surface area contributed by atoms with E-state index in [9.17, 15) is 13.2 Å². The first-order valence-electron chi connectivity index (χ1n) is 10.5. The minimum atomic E-state index is -3.82. The second kappa shape index (κ2) is 10.2. The van der Waals surface area contributed by atoms with Crippen molar-refractivity contribution < 1.29 is 22.7 Å². The van der Waals surface area contributed by atoms with Crippen molar-refractivity contribution in [1.29, 1.82) is 0 Å². The SMILES string of the molecule is COc1ccc([C@@H](C)NC(=O)c2ccc(OC)c(S(=O)(=O)NC3CCCCC3)c2)cc1. The van der Waals surface area contributed by atoms with Crippen molar-refractivity contribution in [2.24, 2.45) is 0 Å². The summed E-state index contributed by atoms with van der Waals surface area (Å²) in [4.78, 5) is 12.8. The van der Waals surface area contributed by atoms with Crippen LogP contribution < -0.4 is 19.5 Å². The Bertz CT molecular complexity index is 999. The maximum atomic E-state index is 13.0. The Morgan fingerprint density at radius 2 is 1.68 bits per heavy atom. The number of amides is 1. The number of benzene rings is 2. The number of methoxy groups -OCH3 is 2. The highest BCUT2D eigenvalue weighted by Gasteiger charge is 2.26. The van der Waals surface area contributed by atoms with Gasteiger partial charge in [0, 0.05) is 11.6 Å². The Balaban J connectivity index is 1.78. The quantitative estimate of drug-likeness (QED) is 0.643. The summed E-state index contributed by atoms with van der Waals surface area (Å²) >= 11 is 0. The Kier molecular flexibility index (Phi) is 7.56. The summed E-state index contributed by atoms with van der Waals surface area (Å²) in [6.07, 6.45) is 4.79. The highest BCUT2D eigenvalue weighted by atomic mass is 32.2. The van der Waals surface area contributed by atoms with E-state index >= 15 is 0 Å². The molecule has 0 heterocycles. The minimum absolute atomic E-state index is 0.0228. The number of ether oxygens (including phenoxy) is 2. The van der Waals surface area contributed by atoms with Gasteiger partial charge in [-0.25, -0.2) is 13.1 Å². The average Bonchev–Trinajstić information content (AvgIpc) is 2.79. The van der Waals surface area contributed by atoms with E-state index in [-0.39, 0.29) is 34.2 Å². The molecule has 0 unspecified atom stereocenters. The first kappa shape index (κ1) is 23.1. The molecule has 2 aromatic carbocycles. The maximum Gasteiger partial charge on any atom is 0.251 e. The molecule has 0 saturated heterocycles. The van der Waals surface area contributed by atoms with Gasteiger partial charge in [-0.1, -0.05) is 31.4 Å². The fraction of sp³-hybridized carbons (Fsp3) is 0.435. The molecule has 0 aliphatic heterocycles. The van der Waals surface area contributed by atoms with Crippen molar-refractivity contribution in [3.05, 3.63) is 53.6 Å². The average molecular weight is 447 g/mol. The predicted molar refractivity (Wildman–Crippen MR) is 119 cm³/mol. The van der Waals surface area contributed by atoms with E-state index in [1.807, 2.05) is 31.2 Å². The molecule has 1 atom stereocenters. The summed E-state index contributed by atoms with van der Waals surface area (Å²) < 4.78 is 39.3. The monoisotopic (exact) mass is 446 g/mol. The van der Waals surface area contributed by atoms with Gasteiger partial charge in [0.15, 0.2) is 0 Å². The molecule has 7 nitrogen and oxygen atoms in total. The lowest BCUT2D eigenvalue weighted by molar-refractivity contribution is 0.0939. The highest BCUT2D eigenvalue weighted by Crippen LogP contribution is 2.27. The van der Waals surface area contributed by atoms with E-state index in [4.69, 9.17) is 9.47 Å². The Labute approximate surface area is 184 Å². The number of rotatable bonds is 8. The van der Waals surface area contributed by atoms with Gasteiger partial charge in [0.05, 0.1) is 20.3 Å². The number of carbonyl (C=O) groups excluding carboxylic acids is 1. The van der Waals surface area contributed by atoms with Crippen LogP contribution in [0, 0.1) is 0 Å². The van der Waals surface area contributed by atoms with Gasteiger partial charge in [-0.3, -0.25) is 4.79 Å². The van der Waals surface area contributed by atoms with Crippen LogP contribution in [-0.2, 0) is 10.0 Å². The van der Waals surface area contributed by atoms with Crippen LogP contribution in [0.4, 0.5) is 0 Å². The Hall–Kier alpha value is -2.58. The third kappa shape index (κ3) is 5.77. The lowest BCUT2D eigenvalue weighted by Crippen LogP contribution is -2.36. The third-order valence-electron chi connectivity index (χ3n) is 5.61. The molecule has 2 N–H and O–H groups in total. The second-order valence-electron chi connectivity index (χ2n) is 7.79. The van der Waals surface area contributed by atoms with Crippen molar-refractivity contribution in [1.82, 2.24) is 10.0 Å². The van der Waals surface area contributed by atoms with Gasteiger partial charge >= 0.3 is 0 Å². The number of carbonyl (C=O) groups is 1. The van der Waals surface area contributed by atoms with Crippen molar-refractivity contribution in [2.45, 2.75) is 56.0 Å². The molecule has 1 saturated carbocycles. The van der Waals surface area contributed by atoms with Crippen LogP contribution in [-0.4, -0.2) is 34.6 Å². The van der Waals surface area contributed by atoms with Gasteiger partial charge in [-0.15, -0.1) is 0 Å². The molecule has 0 radical (unpaired) electrons. The summed E-state index contributed by atoms with van der Waals surface area (Å²) in [6, 6.07) is 11.5. The summed E-state index contributed by atoms with van der Waals surface area (Å²) in [5, 5.41) is 2.91. The Morgan fingerprint density at radius 1 is 1.00 bits per heavy atom. The van der Waals surface area contributed by atoms with Gasteiger partial charge in [0.1, 0.15) is 16.4 Å². The number of hydrogen-bond acceptors (Lipinski definition) is 5. The van der Waals surface area contributed by atoms with E-state index in [0.717, 1.165) is 43.4 Å². The molecule has 2 aromatic rings. The van der Waals surface area contributed by atoms with Crippen LogP contribution in [0.15, 0.2) is 47.4 Å². The predicted octanol–water partition coefficient (Wildman–Crippen LogP) is 3.81. The first-order valence-corrected chi connectivity index (χ1v) is 12.0. The summed E-state index contributed by atoms with van der Waals surface area (Å²) in [5.41, 5.74) is 1.17. The minimum Gasteiger partial charge on any atom is -0.497 e. The summed E-state index contributed by atoms with van der Waals surface area (Å²) in [6.45, 7) is 1.87. The van der Waals surface area contributed by atoms with Gasteiger partial charge < -0.3 is 14.8 Å². The third-order valence-corrected chi connectivity index (χ3v) is 7.15. The number of sulfonamides is 1. The molecule has 0 spiro atoms. The molecule has 0 bridgehead atoms. The van der Waals surface area contributed by atoms with Crippen LogP contribution in [0.25, 0.3) is 0 Å². The molecule has 31 heavy (non-hydrogen) atoms. The van der Waals surface area contributed by atoms with E-state index < -0.39 is 10.0 Å². The van der Waals surface area contributed by atoms with Crippen LogP contribution in [0.3, 0.4) is 0 Å². The number of hydrogen-bond donors (Lipinski definition) is 2. The van der Waals surface area contributed by atoms with Crippen LogP contribution in [0.1, 0.15) is 61.0 Å². The van der Waals surface area contributed by atoms with Gasteiger partial charge in [0.25, 0.3) is 5.91 Å².